The Bertz CT molecular complexity index is 375. The molecule has 0 saturated carbocycles. The summed E-state index contributed by atoms with van der Waals surface area (Å²) in [7, 11) is 0. The molecule has 0 heterocycles. The molecular formula is C12H16F3N. The van der Waals surface area contributed by atoms with Crippen molar-refractivity contribution in [3.63, 3.8) is 0 Å². The van der Waals surface area contributed by atoms with Crippen LogP contribution in [0, 0.1) is 22.9 Å². The van der Waals surface area contributed by atoms with Crippen LogP contribution in [0.5, 0.6) is 0 Å². The summed E-state index contributed by atoms with van der Waals surface area (Å²) in [6.07, 6.45) is 0.985. The molecule has 0 saturated heterocycles. The Hall–Kier alpha value is -1.03. The summed E-state index contributed by atoms with van der Waals surface area (Å²) >= 11 is 0. The molecule has 0 aromatic heterocycles. The van der Waals surface area contributed by atoms with Gasteiger partial charge in [0, 0.05) is 6.07 Å². The second-order valence-corrected chi connectivity index (χ2v) is 4.73. The zero-order valence-electron chi connectivity index (χ0n) is 9.49. The van der Waals surface area contributed by atoms with Gasteiger partial charge in [0.2, 0.25) is 0 Å². The molecule has 0 fully saturated rings. The van der Waals surface area contributed by atoms with Crippen LogP contribution in [0.4, 0.5) is 13.2 Å². The molecule has 4 heteroatoms. The van der Waals surface area contributed by atoms with Crippen molar-refractivity contribution in [2.75, 3.05) is 6.54 Å². The van der Waals surface area contributed by atoms with Crippen molar-refractivity contribution in [3.05, 3.63) is 35.1 Å². The van der Waals surface area contributed by atoms with Crippen LogP contribution in [0.15, 0.2) is 12.1 Å². The first-order valence-corrected chi connectivity index (χ1v) is 5.19. The summed E-state index contributed by atoms with van der Waals surface area (Å²) in [5, 5.41) is 0. The molecule has 1 aromatic rings. The van der Waals surface area contributed by atoms with Crippen LogP contribution < -0.4 is 5.73 Å². The second-order valence-electron chi connectivity index (χ2n) is 4.73. The number of aryl methyl sites for hydroxylation is 1. The fraction of sp³-hybridized carbons (Fsp3) is 0.500. The van der Waals surface area contributed by atoms with Crippen LogP contribution in [-0.4, -0.2) is 6.54 Å². The predicted octanol–water partition coefficient (Wildman–Crippen LogP) is 3.02. The number of rotatable bonds is 4. The van der Waals surface area contributed by atoms with Crippen molar-refractivity contribution in [3.8, 4) is 0 Å². The molecule has 0 unspecified atom stereocenters. The maximum atomic E-state index is 13.3. The summed E-state index contributed by atoms with van der Waals surface area (Å²) in [5.74, 6) is -2.87. The first-order chi connectivity index (χ1) is 7.35. The largest absolute Gasteiger partial charge is 0.330 e. The third kappa shape index (κ3) is 3.23. The first kappa shape index (κ1) is 13.0. The molecule has 0 radical (unpaired) electrons. The van der Waals surface area contributed by atoms with E-state index in [0.29, 0.717) is 25.5 Å². The summed E-state index contributed by atoms with van der Waals surface area (Å²) in [6.45, 7) is 4.37. The minimum Gasteiger partial charge on any atom is -0.330 e. The van der Waals surface area contributed by atoms with Gasteiger partial charge in [0.05, 0.1) is 0 Å². The molecule has 1 nitrogen and oxygen atoms in total. The standard InChI is InChI=1S/C12H16F3N/c1-12(2,7-16)4-3-8-5-10(14)11(15)6-9(8)13/h5-6H,3-4,7,16H2,1-2H3. The fourth-order valence-electron chi connectivity index (χ4n) is 1.33. The molecule has 1 rings (SSSR count). The average molecular weight is 231 g/mol. The van der Waals surface area contributed by atoms with E-state index < -0.39 is 17.5 Å². The summed E-state index contributed by atoms with van der Waals surface area (Å²) in [4.78, 5) is 0. The Morgan fingerprint density at radius 1 is 1.06 bits per heavy atom. The van der Waals surface area contributed by atoms with Crippen molar-refractivity contribution in [2.45, 2.75) is 26.7 Å². The van der Waals surface area contributed by atoms with E-state index in [9.17, 15) is 13.2 Å². The molecule has 2 N–H and O–H groups in total. The summed E-state index contributed by atoms with van der Waals surface area (Å²) < 4.78 is 38.8. The second kappa shape index (κ2) is 4.87. The Balaban J connectivity index is 2.79. The lowest BCUT2D eigenvalue weighted by atomic mass is 9.86. The smallest absolute Gasteiger partial charge is 0.161 e. The number of hydrogen-bond donors (Lipinski definition) is 1. The van der Waals surface area contributed by atoms with E-state index in [2.05, 4.69) is 0 Å². The van der Waals surface area contributed by atoms with Crippen molar-refractivity contribution >= 4 is 0 Å². The maximum absolute atomic E-state index is 13.3. The minimum atomic E-state index is -1.15. The average Bonchev–Trinajstić information content (AvgIpc) is 2.22. The van der Waals surface area contributed by atoms with Gasteiger partial charge in [0.25, 0.3) is 0 Å². The summed E-state index contributed by atoms with van der Waals surface area (Å²) in [5.41, 5.74) is 5.60. The van der Waals surface area contributed by atoms with Gasteiger partial charge in [-0.3, -0.25) is 0 Å². The summed E-state index contributed by atoms with van der Waals surface area (Å²) in [6, 6.07) is 1.50. The topological polar surface area (TPSA) is 26.0 Å². The number of nitrogens with two attached hydrogens (primary N) is 1. The lowest BCUT2D eigenvalue weighted by molar-refractivity contribution is 0.345. The Morgan fingerprint density at radius 3 is 2.19 bits per heavy atom. The van der Waals surface area contributed by atoms with Gasteiger partial charge in [-0.1, -0.05) is 13.8 Å². The Kier molecular flexibility index (Phi) is 3.97. The van der Waals surface area contributed by atoms with Crippen LogP contribution in [-0.2, 0) is 6.42 Å². The quantitative estimate of drug-likeness (QED) is 0.792. The van der Waals surface area contributed by atoms with E-state index in [1.165, 1.54) is 0 Å². The van der Waals surface area contributed by atoms with Gasteiger partial charge in [-0.15, -0.1) is 0 Å². The van der Waals surface area contributed by atoms with Crippen molar-refractivity contribution in [2.24, 2.45) is 11.1 Å². The highest BCUT2D eigenvalue weighted by atomic mass is 19.2. The third-order valence-corrected chi connectivity index (χ3v) is 2.71. The van der Waals surface area contributed by atoms with E-state index in [1.807, 2.05) is 13.8 Å². The fourth-order valence-corrected chi connectivity index (χ4v) is 1.33. The van der Waals surface area contributed by atoms with Crippen LogP contribution in [0.25, 0.3) is 0 Å². The van der Waals surface area contributed by atoms with Gasteiger partial charge in [-0.2, -0.15) is 0 Å². The van der Waals surface area contributed by atoms with Gasteiger partial charge in [-0.05, 0) is 36.4 Å². The molecule has 90 valence electrons. The Labute approximate surface area is 93.5 Å². The van der Waals surface area contributed by atoms with E-state index >= 15 is 0 Å². The van der Waals surface area contributed by atoms with E-state index in [0.717, 1.165) is 6.07 Å². The van der Waals surface area contributed by atoms with Crippen LogP contribution in [0.3, 0.4) is 0 Å². The van der Waals surface area contributed by atoms with Gasteiger partial charge in [0.1, 0.15) is 5.82 Å². The lowest BCUT2D eigenvalue weighted by Crippen LogP contribution is -2.24. The highest BCUT2D eigenvalue weighted by Crippen LogP contribution is 2.23. The Morgan fingerprint density at radius 2 is 1.62 bits per heavy atom. The van der Waals surface area contributed by atoms with Crippen LogP contribution in [0.2, 0.25) is 0 Å². The first-order valence-electron chi connectivity index (χ1n) is 5.19. The normalized spacial score (nSPS) is 11.9. The van der Waals surface area contributed by atoms with Gasteiger partial charge < -0.3 is 5.73 Å². The van der Waals surface area contributed by atoms with Crippen molar-refractivity contribution in [1.82, 2.24) is 0 Å². The highest BCUT2D eigenvalue weighted by molar-refractivity contribution is 5.20. The molecule has 0 aliphatic carbocycles. The number of halogens is 3. The molecular weight excluding hydrogens is 215 g/mol. The van der Waals surface area contributed by atoms with Crippen molar-refractivity contribution < 1.29 is 13.2 Å². The molecule has 0 bridgehead atoms. The molecule has 0 spiro atoms. The van der Waals surface area contributed by atoms with Crippen molar-refractivity contribution in [1.29, 1.82) is 0 Å². The van der Waals surface area contributed by atoms with E-state index in [1.54, 1.807) is 0 Å². The third-order valence-electron chi connectivity index (χ3n) is 2.71. The van der Waals surface area contributed by atoms with Gasteiger partial charge in [0.15, 0.2) is 11.6 Å². The zero-order chi connectivity index (χ0) is 12.3. The molecule has 0 atom stereocenters. The predicted molar refractivity (Wildman–Crippen MR) is 57.5 cm³/mol. The SMILES string of the molecule is CC(C)(CN)CCc1cc(F)c(F)cc1F. The molecule has 1 aromatic carbocycles. The van der Waals surface area contributed by atoms with Gasteiger partial charge >= 0.3 is 0 Å². The van der Waals surface area contributed by atoms with E-state index in [-0.39, 0.29) is 11.0 Å². The number of hydrogen-bond acceptors (Lipinski definition) is 1. The zero-order valence-corrected chi connectivity index (χ0v) is 9.49. The minimum absolute atomic E-state index is 0.128. The highest BCUT2D eigenvalue weighted by Gasteiger charge is 2.17. The monoisotopic (exact) mass is 231 g/mol. The lowest BCUT2D eigenvalue weighted by Gasteiger charge is -2.22. The molecule has 0 aliphatic rings. The molecule has 0 aliphatic heterocycles. The van der Waals surface area contributed by atoms with Crippen LogP contribution >= 0.6 is 0 Å². The molecule has 16 heavy (non-hydrogen) atoms. The van der Waals surface area contributed by atoms with Crippen LogP contribution in [0.1, 0.15) is 25.8 Å². The maximum Gasteiger partial charge on any atom is 0.161 e. The molecule has 0 amide bonds. The number of benzene rings is 1. The van der Waals surface area contributed by atoms with E-state index in [4.69, 9.17) is 5.73 Å². The van der Waals surface area contributed by atoms with Gasteiger partial charge in [-0.25, -0.2) is 13.2 Å².